The smallest absolute Gasteiger partial charge is 0.00930 e. The maximum atomic E-state index is 2.35. The van der Waals surface area contributed by atoms with Crippen LogP contribution in [0.4, 0.5) is 0 Å². The van der Waals surface area contributed by atoms with Gasteiger partial charge in [0.05, 0.1) is 0 Å². The molecule has 0 unspecified atom stereocenters. The standard InChI is InChI=1S/C32H22/c1-3-9-23(10-4-1)27-17-18-31-29(25-12-5-2-6-13-25)19-20-30(32(31)22-27)28-16-15-24-11-7-8-14-26(24)21-28/h1-22H. The Bertz CT molecular complexity index is 1540. The molecule has 32 heavy (non-hydrogen) atoms. The maximum Gasteiger partial charge on any atom is -0.00930 e. The number of benzene rings is 6. The number of hydrogen-bond donors (Lipinski definition) is 0. The Morgan fingerprint density at radius 2 is 0.875 bits per heavy atom. The average Bonchev–Trinajstić information content (AvgIpc) is 2.88. The first-order valence-corrected chi connectivity index (χ1v) is 11.0. The van der Waals surface area contributed by atoms with Gasteiger partial charge >= 0.3 is 0 Å². The van der Waals surface area contributed by atoms with Crippen molar-refractivity contribution < 1.29 is 0 Å². The first-order chi connectivity index (χ1) is 15.9. The van der Waals surface area contributed by atoms with Crippen molar-refractivity contribution in [3.05, 3.63) is 133 Å². The van der Waals surface area contributed by atoms with Gasteiger partial charge in [-0.25, -0.2) is 0 Å². The zero-order valence-electron chi connectivity index (χ0n) is 17.7. The lowest BCUT2D eigenvalue weighted by molar-refractivity contribution is 1.62. The quantitative estimate of drug-likeness (QED) is 0.275. The third kappa shape index (κ3) is 3.27. The van der Waals surface area contributed by atoms with Crippen molar-refractivity contribution in [2.75, 3.05) is 0 Å². The minimum absolute atomic E-state index is 1.24. The molecule has 0 heteroatoms. The van der Waals surface area contributed by atoms with Crippen LogP contribution in [0.5, 0.6) is 0 Å². The van der Waals surface area contributed by atoms with Crippen molar-refractivity contribution in [1.29, 1.82) is 0 Å². The Balaban J connectivity index is 1.63. The van der Waals surface area contributed by atoms with Gasteiger partial charge in [-0.3, -0.25) is 0 Å². The Labute approximate surface area is 188 Å². The Morgan fingerprint density at radius 1 is 0.281 bits per heavy atom. The first kappa shape index (κ1) is 18.6. The lowest BCUT2D eigenvalue weighted by atomic mass is 9.89. The molecule has 0 spiro atoms. The third-order valence-corrected chi connectivity index (χ3v) is 6.27. The van der Waals surface area contributed by atoms with Crippen LogP contribution in [0.1, 0.15) is 0 Å². The fourth-order valence-electron chi connectivity index (χ4n) is 4.64. The summed E-state index contributed by atoms with van der Waals surface area (Å²) in [5.74, 6) is 0. The molecule has 0 atom stereocenters. The molecule has 0 radical (unpaired) electrons. The van der Waals surface area contributed by atoms with E-state index in [1.54, 1.807) is 0 Å². The maximum absolute atomic E-state index is 2.35. The summed E-state index contributed by atoms with van der Waals surface area (Å²) in [6, 6.07) is 48.1. The van der Waals surface area contributed by atoms with Gasteiger partial charge in [0.15, 0.2) is 0 Å². The minimum Gasteiger partial charge on any atom is -0.0622 e. The SMILES string of the molecule is c1ccc(-c2ccc3c(-c4ccccc4)ccc(-c4ccc5ccccc5c4)c3c2)cc1. The van der Waals surface area contributed by atoms with Crippen molar-refractivity contribution >= 4 is 21.5 Å². The van der Waals surface area contributed by atoms with Gasteiger partial charge in [-0.05, 0) is 67.1 Å². The van der Waals surface area contributed by atoms with Gasteiger partial charge in [-0.2, -0.15) is 0 Å². The van der Waals surface area contributed by atoms with Crippen LogP contribution >= 0.6 is 0 Å². The zero-order valence-corrected chi connectivity index (χ0v) is 17.7. The molecule has 0 N–H and O–H groups in total. The van der Waals surface area contributed by atoms with Gasteiger partial charge in [0.25, 0.3) is 0 Å². The zero-order chi connectivity index (χ0) is 21.3. The van der Waals surface area contributed by atoms with Crippen LogP contribution in [0, 0.1) is 0 Å². The highest BCUT2D eigenvalue weighted by Gasteiger charge is 2.11. The highest BCUT2D eigenvalue weighted by atomic mass is 14.2. The van der Waals surface area contributed by atoms with Gasteiger partial charge in [0.2, 0.25) is 0 Å². The van der Waals surface area contributed by atoms with Crippen molar-refractivity contribution in [2.45, 2.75) is 0 Å². The monoisotopic (exact) mass is 406 g/mol. The Hall–Kier alpha value is -4.16. The Morgan fingerprint density at radius 3 is 1.62 bits per heavy atom. The van der Waals surface area contributed by atoms with Gasteiger partial charge < -0.3 is 0 Å². The summed E-state index contributed by atoms with van der Waals surface area (Å²) in [4.78, 5) is 0. The van der Waals surface area contributed by atoms with Crippen LogP contribution in [0.3, 0.4) is 0 Å². The van der Waals surface area contributed by atoms with Crippen molar-refractivity contribution in [3.63, 3.8) is 0 Å². The topological polar surface area (TPSA) is 0 Å². The minimum atomic E-state index is 1.24. The second kappa shape index (κ2) is 7.83. The molecule has 0 aliphatic rings. The van der Waals surface area contributed by atoms with Crippen LogP contribution in [0.2, 0.25) is 0 Å². The van der Waals surface area contributed by atoms with Crippen molar-refractivity contribution in [3.8, 4) is 33.4 Å². The largest absolute Gasteiger partial charge is 0.0622 e. The molecule has 6 aromatic rings. The second-order valence-corrected chi connectivity index (χ2v) is 8.22. The Kier molecular flexibility index (Phi) is 4.55. The lowest BCUT2D eigenvalue weighted by Gasteiger charge is -2.14. The highest BCUT2D eigenvalue weighted by Crippen LogP contribution is 2.38. The van der Waals surface area contributed by atoms with Crippen LogP contribution in [-0.2, 0) is 0 Å². The average molecular weight is 407 g/mol. The summed E-state index contributed by atoms with van der Waals surface area (Å²) < 4.78 is 0. The van der Waals surface area contributed by atoms with E-state index in [0.717, 1.165) is 0 Å². The molecule has 150 valence electrons. The summed E-state index contributed by atoms with van der Waals surface area (Å²) in [5, 5.41) is 5.10. The van der Waals surface area contributed by atoms with Gasteiger partial charge in [0.1, 0.15) is 0 Å². The lowest BCUT2D eigenvalue weighted by Crippen LogP contribution is -1.88. The van der Waals surface area contributed by atoms with Crippen LogP contribution in [-0.4, -0.2) is 0 Å². The summed E-state index contributed by atoms with van der Waals surface area (Å²) in [7, 11) is 0. The molecule has 6 aromatic carbocycles. The summed E-state index contributed by atoms with van der Waals surface area (Å²) in [6.45, 7) is 0. The van der Waals surface area contributed by atoms with E-state index in [2.05, 4.69) is 133 Å². The second-order valence-electron chi connectivity index (χ2n) is 8.22. The third-order valence-electron chi connectivity index (χ3n) is 6.27. The molecular formula is C32H22. The molecule has 0 bridgehead atoms. The highest BCUT2D eigenvalue weighted by molar-refractivity contribution is 6.07. The van der Waals surface area contributed by atoms with Gasteiger partial charge in [0, 0.05) is 0 Å². The normalized spacial score (nSPS) is 11.1. The molecule has 0 aliphatic heterocycles. The fraction of sp³-hybridized carbons (Fsp3) is 0. The molecule has 0 aromatic heterocycles. The molecule has 0 nitrogen and oxygen atoms in total. The summed E-state index contributed by atoms with van der Waals surface area (Å²) in [6.07, 6.45) is 0. The van der Waals surface area contributed by atoms with Crippen molar-refractivity contribution in [2.24, 2.45) is 0 Å². The number of fused-ring (bicyclic) bond motifs is 2. The molecule has 0 saturated carbocycles. The number of hydrogen-bond acceptors (Lipinski definition) is 0. The van der Waals surface area contributed by atoms with E-state index in [0.29, 0.717) is 0 Å². The van der Waals surface area contributed by atoms with Crippen molar-refractivity contribution in [1.82, 2.24) is 0 Å². The van der Waals surface area contributed by atoms with Crippen LogP contribution in [0.25, 0.3) is 54.9 Å². The van der Waals surface area contributed by atoms with E-state index in [4.69, 9.17) is 0 Å². The summed E-state index contributed by atoms with van der Waals surface area (Å²) in [5.41, 5.74) is 7.51. The molecule has 0 aliphatic carbocycles. The molecular weight excluding hydrogens is 384 g/mol. The fourth-order valence-corrected chi connectivity index (χ4v) is 4.64. The van der Waals surface area contributed by atoms with E-state index in [9.17, 15) is 0 Å². The van der Waals surface area contributed by atoms with E-state index < -0.39 is 0 Å². The predicted molar refractivity (Wildman–Crippen MR) is 138 cm³/mol. The molecule has 0 heterocycles. The molecule has 0 saturated heterocycles. The van der Waals surface area contributed by atoms with Gasteiger partial charge in [-0.15, -0.1) is 0 Å². The predicted octanol–water partition coefficient (Wildman–Crippen LogP) is 8.99. The molecule has 0 fully saturated rings. The first-order valence-electron chi connectivity index (χ1n) is 11.0. The van der Waals surface area contributed by atoms with Crippen LogP contribution in [0.15, 0.2) is 133 Å². The van der Waals surface area contributed by atoms with E-state index in [1.807, 2.05) is 0 Å². The van der Waals surface area contributed by atoms with E-state index in [-0.39, 0.29) is 0 Å². The number of rotatable bonds is 3. The molecule has 6 rings (SSSR count). The van der Waals surface area contributed by atoms with Crippen LogP contribution < -0.4 is 0 Å². The van der Waals surface area contributed by atoms with Gasteiger partial charge in [-0.1, -0.05) is 121 Å². The van der Waals surface area contributed by atoms with E-state index in [1.165, 1.54) is 54.9 Å². The summed E-state index contributed by atoms with van der Waals surface area (Å²) >= 11 is 0. The molecule has 0 amide bonds. The van der Waals surface area contributed by atoms with E-state index >= 15 is 0 Å².